The van der Waals surface area contributed by atoms with E-state index in [1.807, 2.05) is 24.3 Å². The number of fused-ring (bicyclic) bond motifs is 1. The summed E-state index contributed by atoms with van der Waals surface area (Å²) >= 11 is 3.36. The van der Waals surface area contributed by atoms with Crippen molar-refractivity contribution in [2.24, 2.45) is 0 Å². The van der Waals surface area contributed by atoms with Crippen LogP contribution in [0.25, 0.3) is 5.70 Å². The summed E-state index contributed by atoms with van der Waals surface area (Å²) in [6.45, 7) is 5.67. The predicted octanol–water partition coefficient (Wildman–Crippen LogP) is 3.90. The lowest BCUT2D eigenvalue weighted by molar-refractivity contribution is -0.119. The van der Waals surface area contributed by atoms with Crippen molar-refractivity contribution in [3.8, 4) is 0 Å². The maximum atomic E-state index is 12.5. The maximum Gasteiger partial charge on any atom is 0.259 e. The van der Waals surface area contributed by atoms with E-state index in [2.05, 4.69) is 27.8 Å². The molecule has 1 heterocycles. The van der Waals surface area contributed by atoms with Gasteiger partial charge in [-0.15, -0.1) is 0 Å². The van der Waals surface area contributed by atoms with Gasteiger partial charge in [0, 0.05) is 27.0 Å². The first-order valence-electron chi connectivity index (χ1n) is 7.17. The monoisotopic (exact) mass is 370 g/mol. The maximum absolute atomic E-state index is 12.5. The van der Waals surface area contributed by atoms with Crippen molar-refractivity contribution < 1.29 is 9.59 Å². The molecule has 0 aliphatic carbocycles. The highest BCUT2D eigenvalue weighted by molar-refractivity contribution is 9.10. The van der Waals surface area contributed by atoms with Gasteiger partial charge in [-0.3, -0.25) is 14.5 Å². The molecule has 0 spiro atoms. The number of amides is 2. The molecule has 2 amide bonds. The van der Waals surface area contributed by atoms with Crippen LogP contribution in [0.3, 0.4) is 0 Å². The lowest BCUT2D eigenvalue weighted by Gasteiger charge is -2.24. The number of hydrogen-bond acceptors (Lipinski definition) is 2. The minimum absolute atomic E-state index is 0.192. The Labute approximate surface area is 142 Å². The van der Waals surface area contributed by atoms with E-state index < -0.39 is 6.04 Å². The molecule has 1 aliphatic rings. The first-order chi connectivity index (χ1) is 11.0. The Bertz CT molecular complexity index is 781. The zero-order chi connectivity index (χ0) is 16.6. The fraction of sp³-hybridized carbons (Fsp3) is 0.111. The molecular weight excluding hydrogens is 356 g/mol. The van der Waals surface area contributed by atoms with Crippen molar-refractivity contribution >= 4 is 39.1 Å². The number of rotatable bonds is 3. The van der Waals surface area contributed by atoms with Gasteiger partial charge in [0.15, 0.2) is 0 Å². The largest absolute Gasteiger partial charge is 0.324 e. The number of nitrogens with zero attached hydrogens (tertiary/aromatic N) is 1. The van der Waals surface area contributed by atoms with Gasteiger partial charge in [-0.25, -0.2) is 0 Å². The number of halogens is 1. The lowest BCUT2D eigenvalue weighted by Crippen LogP contribution is -2.41. The number of nitrogens with one attached hydrogen (secondary N) is 1. The molecule has 1 N–H and O–H groups in total. The van der Waals surface area contributed by atoms with E-state index in [0.717, 1.165) is 10.0 Å². The summed E-state index contributed by atoms with van der Waals surface area (Å²) < 4.78 is 0.872. The van der Waals surface area contributed by atoms with Gasteiger partial charge in [-0.2, -0.15) is 0 Å². The molecule has 0 radical (unpaired) electrons. The van der Waals surface area contributed by atoms with Gasteiger partial charge >= 0.3 is 0 Å². The number of carbonyl (C=O) groups is 2. The Morgan fingerprint density at radius 1 is 1.17 bits per heavy atom. The zero-order valence-electron chi connectivity index (χ0n) is 12.5. The van der Waals surface area contributed by atoms with E-state index in [1.165, 1.54) is 4.90 Å². The molecule has 5 heteroatoms. The molecule has 0 bridgehead atoms. The Hall–Kier alpha value is -2.40. The van der Waals surface area contributed by atoms with Crippen LogP contribution in [0, 0.1) is 0 Å². The van der Waals surface area contributed by atoms with Crippen LogP contribution in [0.5, 0.6) is 0 Å². The van der Waals surface area contributed by atoms with E-state index in [1.54, 1.807) is 31.2 Å². The molecule has 2 aromatic carbocycles. The molecule has 0 aromatic heterocycles. The molecule has 1 atom stereocenters. The Morgan fingerprint density at radius 3 is 2.52 bits per heavy atom. The highest BCUT2D eigenvalue weighted by Crippen LogP contribution is 2.33. The predicted molar refractivity (Wildman–Crippen MR) is 93.9 cm³/mol. The Kier molecular flexibility index (Phi) is 4.05. The normalized spacial score (nSPS) is 14.6. The standard InChI is InChI=1S/C18H15BrN2O2/c1-11-15-8-3-4-9-16(15)18(23)21(11)12(2)17(22)20-14-7-5-6-13(19)10-14/h3-10,12H,1H2,2H3,(H,20,22)/t12-/m0/s1. The van der Waals surface area contributed by atoms with Crippen LogP contribution in [0.4, 0.5) is 5.69 Å². The van der Waals surface area contributed by atoms with Crippen molar-refractivity contribution in [1.82, 2.24) is 4.90 Å². The Morgan fingerprint density at radius 2 is 1.87 bits per heavy atom. The van der Waals surface area contributed by atoms with Crippen molar-refractivity contribution in [1.29, 1.82) is 0 Å². The van der Waals surface area contributed by atoms with Gasteiger partial charge in [0.2, 0.25) is 5.91 Å². The second-order valence-electron chi connectivity index (χ2n) is 5.34. The summed E-state index contributed by atoms with van der Waals surface area (Å²) in [5.41, 5.74) is 2.59. The number of carbonyl (C=O) groups excluding carboxylic acids is 2. The Balaban J connectivity index is 1.81. The fourth-order valence-corrected chi connectivity index (χ4v) is 3.04. The minimum Gasteiger partial charge on any atom is -0.324 e. The number of benzene rings is 2. The highest BCUT2D eigenvalue weighted by Gasteiger charge is 2.36. The van der Waals surface area contributed by atoms with Crippen LogP contribution in [0.2, 0.25) is 0 Å². The van der Waals surface area contributed by atoms with Gasteiger partial charge in [0.25, 0.3) is 5.91 Å². The third-order valence-corrected chi connectivity index (χ3v) is 4.33. The molecule has 0 saturated carbocycles. The molecule has 3 rings (SSSR count). The molecule has 23 heavy (non-hydrogen) atoms. The summed E-state index contributed by atoms with van der Waals surface area (Å²) in [5.74, 6) is -0.451. The topological polar surface area (TPSA) is 49.4 Å². The third kappa shape index (κ3) is 2.80. The summed E-state index contributed by atoms with van der Waals surface area (Å²) in [6, 6.07) is 13.9. The molecule has 0 unspecified atom stereocenters. The van der Waals surface area contributed by atoms with Crippen LogP contribution in [0.1, 0.15) is 22.8 Å². The molecule has 4 nitrogen and oxygen atoms in total. The van der Waals surface area contributed by atoms with Crippen LogP contribution in [-0.4, -0.2) is 22.8 Å². The summed E-state index contributed by atoms with van der Waals surface area (Å²) in [4.78, 5) is 26.5. The molecule has 1 aliphatic heterocycles. The first-order valence-corrected chi connectivity index (χ1v) is 7.96. The van der Waals surface area contributed by atoms with Gasteiger partial charge < -0.3 is 5.32 Å². The van der Waals surface area contributed by atoms with Gasteiger partial charge in [-0.05, 0) is 31.2 Å². The van der Waals surface area contributed by atoms with Crippen molar-refractivity contribution in [2.45, 2.75) is 13.0 Å². The molecule has 116 valence electrons. The lowest BCUT2D eigenvalue weighted by atomic mass is 10.1. The average molecular weight is 371 g/mol. The van der Waals surface area contributed by atoms with Crippen molar-refractivity contribution in [3.63, 3.8) is 0 Å². The SMILES string of the molecule is C=C1c2ccccc2C(=O)N1[C@@H](C)C(=O)Nc1cccc(Br)c1. The fourth-order valence-electron chi connectivity index (χ4n) is 2.64. The smallest absolute Gasteiger partial charge is 0.259 e. The zero-order valence-corrected chi connectivity index (χ0v) is 14.1. The molecule has 2 aromatic rings. The van der Waals surface area contributed by atoms with Gasteiger partial charge in [0.1, 0.15) is 6.04 Å². The third-order valence-electron chi connectivity index (χ3n) is 3.84. The average Bonchev–Trinajstić information content (AvgIpc) is 2.79. The molecule has 0 saturated heterocycles. The summed E-state index contributed by atoms with van der Waals surface area (Å²) in [5, 5.41) is 2.82. The number of hydrogen-bond donors (Lipinski definition) is 1. The van der Waals surface area contributed by atoms with E-state index in [9.17, 15) is 9.59 Å². The van der Waals surface area contributed by atoms with E-state index in [-0.39, 0.29) is 11.8 Å². The highest BCUT2D eigenvalue weighted by atomic mass is 79.9. The van der Waals surface area contributed by atoms with E-state index >= 15 is 0 Å². The second-order valence-corrected chi connectivity index (χ2v) is 6.26. The van der Waals surface area contributed by atoms with Crippen LogP contribution in [-0.2, 0) is 4.79 Å². The number of anilines is 1. The first kappa shape index (κ1) is 15.5. The van der Waals surface area contributed by atoms with Gasteiger partial charge in [-0.1, -0.05) is 46.8 Å². The van der Waals surface area contributed by atoms with Crippen LogP contribution >= 0.6 is 15.9 Å². The minimum atomic E-state index is -0.651. The van der Waals surface area contributed by atoms with Crippen molar-refractivity contribution in [3.05, 3.63) is 70.7 Å². The van der Waals surface area contributed by atoms with Crippen molar-refractivity contribution in [2.75, 3.05) is 5.32 Å². The summed E-state index contributed by atoms with van der Waals surface area (Å²) in [6.07, 6.45) is 0. The van der Waals surface area contributed by atoms with E-state index in [4.69, 9.17) is 0 Å². The van der Waals surface area contributed by atoms with Gasteiger partial charge in [0.05, 0.1) is 0 Å². The second kappa shape index (κ2) is 6.01. The molecular formula is C18H15BrN2O2. The quantitative estimate of drug-likeness (QED) is 0.890. The van der Waals surface area contributed by atoms with E-state index in [0.29, 0.717) is 16.9 Å². The molecule has 0 fully saturated rings. The van der Waals surface area contributed by atoms with Crippen LogP contribution < -0.4 is 5.32 Å². The summed E-state index contributed by atoms with van der Waals surface area (Å²) in [7, 11) is 0. The van der Waals surface area contributed by atoms with Crippen LogP contribution in [0.15, 0.2) is 59.6 Å².